The quantitative estimate of drug-likeness (QED) is 0.756. The molecule has 0 radical (unpaired) electrons. The van der Waals surface area contributed by atoms with Crippen LogP contribution in [-0.2, 0) is 9.53 Å². The third-order valence-electron chi connectivity index (χ3n) is 4.16. The Morgan fingerprint density at radius 2 is 1.95 bits per heavy atom. The number of hydrogen-bond acceptors (Lipinski definition) is 4. The maximum absolute atomic E-state index is 11.3. The van der Waals surface area contributed by atoms with Gasteiger partial charge in [-0.15, -0.1) is 0 Å². The zero-order chi connectivity index (χ0) is 15.1. The highest BCUT2D eigenvalue weighted by Crippen LogP contribution is 2.26. The van der Waals surface area contributed by atoms with Gasteiger partial charge in [-0.3, -0.25) is 9.69 Å². The van der Waals surface area contributed by atoms with Gasteiger partial charge in [0.15, 0.2) is 0 Å². The first kappa shape index (κ1) is 15.8. The van der Waals surface area contributed by atoms with Gasteiger partial charge in [-0.05, 0) is 38.4 Å². The van der Waals surface area contributed by atoms with E-state index in [4.69, 9.17) is 9.47 Å². The van der Waals surface area contributed by atoms with Crippen molar-refractivity contribution in [1.82, 2.24) is 4.90 Å². The van der Waals surface area contributed by atoms with E-state index in [1.807, 2.05) is 30.3 Å². The van der Waals surface area contributed by atoms with E-state index in [2.05, 4.69) is 11.9 Å². The number of para-hydroxylation sites is 1. The number of nitrogens with zero attached hydrogens (tertiary/aromatic N) is 1. The van der Waals surface area contributed by atoms with Gasteiger partial charge in [0.25, 0.3) is 0 Å². The molecule has 4 nitrogen and oxygen atoms in total. The van der Waals surface area contributed by atoms with Crippen molar-refractivity contribution in [2.75, 3.05) is 20.7 Å². The van der Waals surface area contributed by atoms with Crippen LogP contribution in [0.5, 0.6) is 5.75 Å². The maximum Gasteiger partial charge on any atom is 0.306 e. The molecule has 0 aliphatic heterocycles. The summed E-state index contributed by atoms with van der Waals surface area (Å²) in [4.78, 5) is 13.5. The van der Waals surface area contributed by atoms with Crippen molar-refractivity contribution < 1.29 is 14.3 Å². The van der Waals surface area contributed by atoms with Crippen molar-refractivity contribution in [1.29, 1.82) is 0 Å². The lowest BCUT2D eigenvalue weighted by molar-refractivity contribution is -0.141. The summed E-state index contributed by atoms with van der Waals surface area (Å²) in [5.41, 5.74) is 0. The standard InChI is InChI=1S/C17H25NO3/c1-18(13-12-17(19)20-2)15-10-6-7-11-16(15)21-14-8-4-3-5-9-14/h3-5,8-9,15-16H,6-7,10-13H2,1-2H3/t15-,16+/m1/s1. The number of carbonyl (C=O) groups excluding carboxylic acids is 1. The van der Waals surface area contributed by atoms with Crippen LogP contribution in [0.25, 0.3) is 0 Å². The molecule has 1 aliphatic rings. The molecule has 0 aromatic heterocycles. The number of hydrogen-bond donors (Lipinski definition) is 0. The zero-order valence-corrected chi connectivity index (χ0v) is 13.0. The summed E-state index contributed by atoms with van der Waals surface area (Å²) in [5, 5.41) is 0. The number of rotatable bonds is 6. The largest absolute Gasteiger partial charge is 0.489 e. The number of benzene rings is 1. The van der Waals surface area contributed by atoms with Gasteiger partial charge in [0.1, 0.15) is 11.9 Å². The molecule has 0 saturated heterocycles. The van der Waals surface area contributed by atoms with Gasteiger partial charge in [0.2, 0.25) is 0 Å². The normalized spacial score (nSPS) is 22.0. The third-order valence-corrected chi connectivity index (χ3v) is 4.16. The van der Waals surface area contributed by atoms with Crippen molar-refractivity contribution in [3.05, 3.63) is 30.3 Å². The Balaban J connectivity index is 1.93. The fourth-order valence-corrected chi connectivity index (χ4v) is 2.93. The summed E-state index contributed by atoms with van der Waals surface area (Å²) in [7, 11) is 3.50. The van der Waals surface area contributed by atoms with E-state index < -0.39 is 0 Å². The van der Waals surface area contributed by atoms with Crippen molar-refractivity contribution >= 4 is 5.97 Å². The topological polar surface area (TPSA) is 38.8 Å². The average Bonchev–Trinajstić information content (AvgIpc) is 2.53. The van der Waals surface area contributed by atoms with Gasteiger partial charge >= 0.3 is 5.97 Å². The van der Waals surface area contributed by atoms with E-state index in [-0.39, 0.29) is 12.1 Å². The van der Waals surface area contributed by atoms with E-state index in [1.54, 1.807) is 0 Å². The number of ether oxygens (including phenoxy) is 2. The van der Waals surface area contributed by atoms with Crippen molar-refractivity contribution in [2.45, 2.75) is 44.2 Å². The molecule has 2 atom stereocenters. The molecule has 0 unspecified atom stereocenters. The maximum atomic E-state index is 11.3. The number of carbonyl (C=O) groups is 1. The minimum absolute atomic E-state index is 0.154. The van der Waals surface area contributed by atoms with E-state index in [0.29, 0.717) is 19.0 Å². The van der Waals surface area contributed by atoms with Gasteiger partial charge in [0.05, 0.1) is 13.5 Å². The molecule has 1 aromatic rings. The number of esters is 1. The Morgan fingerprint density at radius 1 is 1.24 bits per heavy atom. The summed E-state index contributed by atoms with van der Waals surface area (Å²) in [5.74, 6) is 0.772. The molecule has 1 fully saturated rings. The first-order chi connectivity index (χ1) is 10.2. The van der Waals surface area contributed by atoms with E-state index in [1.165, 1.54) is 20.0 Å². The Labute approximate surface area is 127 Å². The fourth-order valence-electron chi connectivity index (χ4n) is 2.93. The van der Waals surface area contributed by atoms with Gasteiger partial charge in [0, 0.05) is 12.6 Å². The van der Waals surface area contributed by atoms with Crippen LogP contribution in [0.15, 0.2) is 30.3 Å². The van der Waals surface area contributed by atoms with Crippen molar-refractivity contribution in [3.8, 4) is 5.75 Å². The average molecular weight is 291 g/mol. The first-order valence-electron chi connectivity index (χ1n) is 7.69. The summed E-state index contributed by atoms with van der Waals surface area (Å²) in [6, 6.07) is 10.3. The molecular weight excluding hydrogens is 266 g/mol. The minimum Gasteiger partial charge on any atom is -0.489 e. The van der Waals surface area contributed by atoms with Crippen LogP contribution in [0.4, 0.5) is 0 Å². The van der Waals surface area contributed by atoms with Crippen LogP contribution in [-0.4, -0.2) is 43.7 Å². The molecule has 0 amide bonds. The highest BCUT2D eigenvalue weighted by molar-refractivity contribution is 5.69. The van der Waals surface area contributed by atoms with Crippen LogP contribution in [0.3, 0.4) is 0 Å². The number of methoxy groups -OCH3 is 1. The second-order valence-electron chi connectivity index (χ2n) is 5.63. The van der Waals surface area contributed by atoms with Gasteiger partial charge in [-0.25, -0.2) is 0 Å². The predicted molar refractivity (Wildman–Crippen MR) is 82.4 cm³/mol. The van der Waals surface area contributed by atoms with Crippen LogP contribution in [0, 0.1) is 0 Å². The Kier molecular flexibility index (Phi) is 6.05. The molecule has 1 aromatic carbocycles. The fraction of sp³-hybridized carbons (Fsp3) is 0.588. The molecular formula is C17H25NO3. The van der Waals surface area contributed by atoms with Crippen molar-refractivity contribution in [2.24, 2.45) is 0 Å². The molecule has 21 heavy (non-hydrogen) atoms. The Morgan fingerprint density at radius 3 is 2.67 bits per heavy atom. The molecule has 0 bridgehead atoms. The molecule has 1 aliphatic carbocycles. The molecule has 0 heterocycles. The van der Waals surface area contributed by atoms with Gasteiger partial charge < -0.3 is 9.47 Å². The third kappa shape index (κ3) is 4.74. The second kappa shape index (κ2) is 8.03. The van der Waals surface area contributed by atoms with E-state index >= 15 is 0 Å². The van der Waals surface area contributed by atoms with E-state index in [9.17, 15) is 4.79 Å². The van der Waals surface area contributed by atoms with Gasteiger partial charge in [-0.2, -0.15) is 0 Å². The summed E-state index contributed by atoms with van der Waals surface area (Å²) in [6.45, 7) is 0.714. The lowest BCUT2D eigenvalue weighted by Gasteiger charge is -2.37. The zero-order valence-electron chi connectivity index (χ0n) is 13.0. The molecule has 0 spiro atoms. The summed E-state index contributed by atoms with van der Waals surface area (Å²) >= 11 is 0. The second-order valence-corrected chi connectivity index (χ2v) is 5.63. The minimum atomic E-state index is -0.154. The van der Waals surface area contributed by atoms with Crippen LogP contribution >= 0.6 is 0 Å². The van der Waals surface area contributed by atoms with Crippen molar-refractivity contribution in [3.63, 3.8) is 0 Å². The first-order valence-corrected chi connectivity index (χ1v) is 7.69. The highest BCUT2D eigenvalue weighted by atomic mass is 16.5. The molecule has 2 rings (SSSR count). The summed E-state index contributed by atoms with van der Waals surface area (Å²) in [6.07, 6.45) is 5.25. The molecule has 0 N–H and O–H groups in total. The molecule has 4 heteroatoms. The molecule has 116 valence electrons. The van der Waals surface area contributed by atoms with Gasteiger partial charge in [-0.1, -0.05) is 24.6 Å². The summed E-state index contributed by atoms with van der Waals surface area (Å²) < 4.78 is 10.9. The number of likely N-dealkylation sites (N-methyl/N-ethyl adjacent to an activating group) is 1. The Bertz CT molecular complexity index is 435. The van der Waals surface area contributed by atoms with E-state index in [0.717, 1.165) is 18.6 Å². The molecule has 1 saturated carbocycles. The van der Waals surface area contributed by atoms with Crippen LogP contribution < -0.4 is 4.74 Å². The lowest BCUT2D eigenvalue weighted by Crippen LogP contribution is -2.46. The Hall–Kier alpha value is -1.55. The smallest absolute Gasteiger partial charge is 0.306 e. The SMILES string of the molecule is COC(=O)CCN(C)[C@@H]1CCCC[C@@H]1Oc1ccccc1. The highest BCUT2D eigenvalue weighted by Gasteiger charge is 2.30. The monoisotopic (exact) mass is 291 g/mol. The predicted octanol–water partition coefficient (Wildman–Crippen LogP) is 2.87. The van der Waals surface area contributed by atoms with Crippen LogP contribution in [0.2, 0.25) is 0 Å². The van der Waals surface area contributed by atoms with Crippen LogP contribution in [0.1, 0.15) is 32.1 Å². The lowest BCUT2D eigenvalue weighted by atomic mass is 9.91.